The van der Waals surface area contributed by atoms with Gasteiger partial charge in [-0.3, -0.25) is 0 Å². The molecule has 0 atom stereocenters. The zero-order valence-electron chi connectivity index (χ0n) is 11.6. The summed E-state index contributed by atoms with van der Waals surface area (Å²) in [4.78, 5) is 2.62. The second kappa shape index (κ2) is 6.04. The molecule has 0 saturated carbocycles. The minimum atomic E-state index is 0.784. The molecule has 0 bridgehead atoms. The van der Waals surface area contributed by atoms with Crippen molar-refractivity contribution in [1.29, 1.82) is 0 Å². The molecule has 1 aromatic heterocycles. The molecule has 22 heavy (non-hydrogen) atoms. The molecule has 112 valence electrons. The first-order chi connectivity index (χ1) is 10.6. The highest BCUT2D eigenvalue weighted by Crippen LogP contribution is 2.44. The number of aryl methyl sites for hydroxylation is 1. The third-order valence-electron chi connectivity index (χ3n) is 3.97. The van der Waals surface area contributed by atoms with E-state index in [9.17, 15) is 0 Å². The lowest BCUT2D eigenvalue weighted by molar-refractivity contribution is 0.771. The number of aromatic nitrogens is 1. The number of benzene rings is 2. The Kier molecular flexibility index (Phi) is 4.22. The lowest BCUT2D eigenvalue weighted by atomic mass is 10.2. The topological polar surface area (TPSA) is 4.93 Å². The van der Waals surface area contributed by atoms with Crippen molar-refractivity contribution in [1.82, 2.24) is 4.57 Å². The molecular formula is C17H12BrClINS. The maximum absolute atomic E-state index is 6.00. The van der Waals surface area contributed by atoms with Crippen LogP contribution in [-0.4, -0.2) is 4.57 Å². The number of hydrogen-bond donors (Lipinski definition) is 0. The van der Waals surface area contributed by atoms with E-state index >= 15 is 0 Å². The lowest BCUT2D eigenvalue weighted by Crippen LogP contribution is -1.91. The fourth-order valence-electron chi connectivity index (χ4n) is 3.05. The smallest absolute Gasteiger partial charge is 0.0516 e. The van der Waals surface area contributed by atoms with Gasteiger partial charge < -0.3 is 4.57 Å². The molecule has 0 aliphatic carbocycles. The average Bonchev–Trinajstić information content (AvgIpc) is 3.05. The number of nitrogens with zero attached hydrogens (tertiary/aromatic N) is 1. The first kappa shape index (κ1) is 15.4. The van der Waals surface area contributed by atoms with Crippen molar-refractivity contribution in [3.05, 3.63) is 55.2 Å². The predicted molar refractivity (Wildman–Crippen MR) is 106 cm³/mol. The predicted octanol–water partition coefficient (Wildman–Crippen LogP) is 6.76. The van der Waals surface area contributed by atoms with Crippen molar-refractivity contribution in [2.75, 3.05) is 0 Å². The zero-order valence-corrected chi connectivity index (χ0v) is 16.9. The summed E-state index contributed by atoms with van der Waals surface area (Å²) < 4.78 is 4.94. The van der Waals surface area contributed by atoms with Gasteiger partial charge in [0.1, 0.15) is 0 Å². The highest BCUT2D eigenvalue weighted by Gasteiger charge is 2.23. The average molecular weight is 505 g/mol. The van der Waals surface area contributed by atoms with E-state index < -0.39 is 0 Å². The van der Waals surface area contributed by atoms with Crippen LogP contribution in [0.5, 0.6) is 0 Å². The van der Waals surface area contributed by atoms with Crippen LogP contribution in [-0.2, 0) is 13.0 Å². The van der Waals surface area contributed by atoms with Gasteiger partial charge in [0, 0.05) is 40.5 Å². The van der Waals surface area contributed by atoms with Gasteiger partial charge in [0.05, 0.1) is 5.52 Å². The number of hydrogen-bond acceptors (Lipinski definition) is 1. The molecule has 2 heterocycles. The first-order valence-electron chi connectivity index (χ1n) is 7.07. The van der Waals surface area contributed by atoms with E-state index in [0.717, 1.165) is 18.0 Å². The second-order valence-corrected chi connectivity index (χ2v) is 8.99. The van der Waals surface area contributed by atoms with Gasteiger partial charge in [0.25, 0.3) is 0 Å². The van der Waals surface area contributed by atoms with E-state index in [1.54, 1.807) is 0 Å². The van der Waals surface area contributed by atoms with Crippen LogP contribution in [0.2, 0.25) is 5.02 Å². The standard InChI is InChI=1S/C17H12BrClINS/c18-13-8-11(20)9-15-16(13)17(14-2-1-7-21(14)15)22-12-5-3-10(19)4-6-12/h3-6,8-9H,1-2,7H2. The molecule has 1 nitrogen and oxygen atoms in total. The summed E-state index contributed by atoms with van der Waals surface area (Å²) in [5.41, 5.74) is 2.82. The molecule has 5 heteroatoms. The van der Waals surface area contributed by atoms with Crippen LogP contribution in [0.1, 0.15) is 12.1 Å². The molecule has 1 aliphatic rings. The SMILES string of the molecule is Clc1ccc(Sc2c3n(c4cc(I)cc(Br)c24)CCC3)cc1. The van der Waals surface area contributed by atoms with Gasteiger partial charge in [0.15, 0.2) is 0 Å². The first-order valence-corrected chi connectivity index (χ1v) is 10.1. The van der Waals surface area contributed by atoms with E-state index in [0.29, 0.717) is 0 Å². The van der Waals surface area contributed by atoms with Crippen molar-refractivity contribution in [3.63, 3.8) is 0 Å². The van der Waals surface area contributed by atoms with Crippen molar-refractivity contribution in [2.24, 2.45) is 0 Å². The Bertz CT molecular complexity index is 873. The maximum atomic E-state index is 6.00. The third-order valence-corrected chi connectivity index (χ3v) is 6.62. The largest absolute Gasteiger partial charge is 0.343 e. The zero-order chi connectivity index (χ0) is 15.3. The van der Waals surface area contributed by atoms with Gasteiger partial charge in [-0.25, -0.2) is 0 Å². The third kappa shape index (κ3) is 2.62. The van der Waals surface area contributed by atoms with Crippen LogP contribution < -0.4 is 0 Å². The Morgan fingerprint density at radius 3 is 2.73 bits per heavy atom. The van der Waals surface area contributed by atoms with E-state index in [1.807, 2.05) is 23.9 Å². The molecule has 0 N–H and O–H groups in total. The van der Waals surface area contributed by atoms with Crippen molar-refractivity contribution in [3.8, 4) is 0 Å². The molecule has 0 fully saturated rings. The van der Waals surface area contributed by atoms with Gasteiger partial charge in [-0.05, 0) is 71.8 Å². The molecule has 0 saturated heterocycles. The molecule has 2 aromatic carbocycles. The van der Waals surface area contributed by atoms with Gasteiger partial charge in [-0.15, -0.1) is 0 Å². The summed E-state index contributed by atoms with van der Waals surface area (Å²) in [7, 11) is 0. The quantitative estimate of drug-likeness (QED) is 0.349. The van der Waals surface area contributed by atoms with Gasteiger partial charge in [-0.2, -0.15) is 0 Å². The van der Waals surface area contributed by atoms with Crippen molar-refractivity contribution < 1.29 is 0 Å². The van der Waals surface area contributed by atoms with Gasteiger partial charge in [-0.1, -0.05) is 39.3 Å². The Balaban J connectivity index is 1.91. The molecule has 3 aromatic rings. The minimum Gasteiger partial charge on any atom is -0.343 e. The summed E-state index contributed by atoms with van der Waals surface area (Å²) in [6, 6.07) is 12.6. The van der Waals surface area contributed by atoms with E-state index in [1.165, 1.54) is 40.9 Å². The number of halogens is 3. The summed E-state index contributed by atoms with van der Waals surface area (Å²) in [6.45, 7) is 1.12. The Morgan fingerprint density at radius 1 is 1.18 bits per heavy atom. The van der Waals surface area contributed by atoms with Gasteiger partial charge >= 0.3 is 0 Å². The van der Waals surface area contributed by atoms with Crippen LogP contribution >= 0.6 is 61.9 Å². The van der Waals surface area contributed by atoms with Gasteiger partial charge in [0.2, 0.25) is 0 Å². The van der Waals surface area contributed by atoms with Crippen molar-refractivity contribution >= 4 is 72.8 Å². The molecule has 1 aliphatic heterocycles. The number of fused-ring (bicyclic) bond motifs is 3. The molecule has 0 spiro atoms. The fraction of sp³-hybridized carbons (Fsp3) is 0.176. The fourth-order valence-corrected chi connectivity index (χ4v) is 6.14. The summed E-state index contributed by atoms with van der Waals surface area (Å²) in [6.07, 6.45) is 2.40. The summed E-state index contributed by atoms with van der Waals surface area (Å²) in [5, 5.41) is 2.13. The summed E-state index contributed by atoms with van der Waals surface area (Å²) in [5.74, 6) is 0. The minimum absolute atomic E-state index is 0.784. The van der Waals surface area contributed by atoms with E-state index in [2.05, 4.69) is 67.4 Å². The Morgan fingerprint density at radius 2 is 1.95 bits per heavy atom. The molecule has 0 radical (unpaired) electrons. The van der Waals surface area contributed by atoms with Crippen LogP contribution in [0.4, 0.5) is 0 Å². The maximum Gasteiger partial charge on any atom is 0.0516 e. The molecule has 0 unspecified atom stereocenters. The van der Waals surface area contributed by atoms with Crippen LogP contribution in [0.25, 0.3) is 10.9 Å². The molecule has 0 amide bonds. The Labute approximate surface area is 160 Å². The normalized spacial score (nSPS) is 13.8. The lowest BCUT2D eigenvalue weighted by Gasteiger charge is -2.05. The molecule has 4 rings (SSSR count). The van der Waals surface area contributed by atoms with Crippen LogP contribution in [0.3, 0.4) is 0 Å². The van der Waals surface area contributed by atoms with Crippen LogP contribution in [0.15, 0.2) is 50.7 Å². The monoisotopic (exact) mass is 503 g/mol. The van der Waals surface area contributed by atoms with E-state index in [4.69, 9.17) is 11.6 Å². The summed E-state index contributed by atoms with van der Waals surface area (Å²) >= 11 is 14.0. The van der Waals surface area contributed by atoms with E-state index in [-0.39, 0.29) is 0 Å². The highest BCUT2D eigenvalue weighted by molar-refractivity contribution is 14.1. The van der Waals surface area contributed by atoms with Crippen LogP contribution in [0, 0.1) is 3.57 Å². The van der Waals surface area contributed by atoms with Crippen molar-refractivity contribution in [2.45, 2.75) is 29.2 Å². The number of rotatable bonds is 2. The highest BCUT2D eigenvalue weighted by atomic mass is 127. The molecular weight excluding hydrogens is 493 g/mol. The Hall–Kier alpha value is -0.170. The second-order valence-electron chi connectivity index (χ2n) is 5.37.